The van der Waals surface area contributed by atoms with Gasteiger partial charge in [0.25, 0.3) is 0 Å². The lowest BCUT2D eigenvalue weighted by Crippen LogP contribution is -2.43. The first kappa shape index (κ1) is 18.5. The molecule has 0 aliphatic heterocycles. The highest BCUT2D eigenvalue weighted by molar-refractivity contribution is 14.0. The molecule has 1 heterocycles. The van der Waals surface area contributed by atoms with Crippen LogP contribution >= 0.6 is 24.0 Å². The van der Waals surface area contributed by atoms with Crippen LogP contribution in [0.15, 0.2) is 53.5 Å². The second kappa shape index (κ2) is 9.46. The minimum Gasteiger partial charge on any atom is -0.368 e. The number of rotatable bonds is 5. The van der Waals surface area contributed by atoms with Gasteiger partial charge in [-0.25, -0.2) is 4.98 Å². The van der Waals surface area contributed by atoms with E-state index in [9.17, 15) is 0 Å². The number of guanidine groups is 1. The highest BCUT2D eigenvalue weighted by Gasteiger charge is 2.11. The zero-order chi connectivity index (χ0) is 15.9. The largest absolute Gasteiger partial charge is 0.368 e. The summed E-state index contributed by atoms with van der Waals surface area (Å²) < 4.78 is 0. The predicted molar refractivity (Wildman–Crippen MR) is 112 cm³/mol. The number of hydrogen-bond donors (Lipinski definition) is 3. The van der Waals surface area contributed by atoms with Crippen LogP contribution in [-0.4, -0.2) is 37.1 Å². The number of anilines is 1. The van der Waals surface area contributed by atoms with Gasteiger partial charge >= 0.3 is 0 Å². The molecule has 0 bridgehead atoms. The number of hydrogen-bond acceptors (Lipinski definition) is 3. The fourth-order valence-electron chi connectivity index (χ4n) is 2.66. The van der Waals surface area contributed by atoms with Gasteiger partial charge in [0.1, 0.15) is 5.82 Å². The Kier molecular flexibility index (Phi) is 7.30. The van der Waals surface area contributed by atoms with Crippen molar-refractivity contribution in [1.29, 1.82) is 0 Å². The van der Waals surface area contributed by atoms with E-state index in [1.165, 1.54) is 0 Å². The summed E-state index contributed by atoms with van der Waals surface area (Å²) in [7, 11) is 1.80. The van der Waals surface area contributed by atoms with Crippen molar-refractivity contribution in [3.8, 4) is 0 Å². The minimum atomic E-state index is 0. The summed E-state index contributed by atoms with van der Waals surface area (Å²) in [4.78, 5) is 8.86. The minimum absolute atomic E-state index is 0. The molecule has 0 fully saturated rings. The van der Waals surface area contributed by atoms with E-state index in [-0.39, 0.29) is 24.0 Å². The first-order chi connectivity index (χ1) is 11.3. The Labute approximate surface area is 160 Å². The summed E-state index contributed by atoms with van der Waals surface area (Å²) in [5, 5.41) is 11.2. The van der Waals surface area contributed by atoms with Crippen molar-refractivity contribution in [3.05, 3.63) is 48.6 Å². The van der Waals surface area contributed by atoms with Gasteiger partial charge in [0.05, 0.1) is 5.52 Å². The van der Waals surface area contributed by atoms with Crippen molar-refractivity contribution >= 4 is 46.7 Å². The molecule has 0 saturated carbocycles. The number of para-hydroxylation sites is 1. The predicted octanol–water partition coefficient (Wildman–Crippen LogP) is 3.15. The molecule has 1 aromatic carbocycles. The van der Waals surface area contributed by atoms with Crippen LogP contribution in [0, 0.1) is 0 Å². The molecule has 0 spiro atoms. The Bertz CT molecular complexity index is 705. The maximum atomic E-state index is 4.60. The van der Waals surface area contributed by atoms with E-state index in [1.54, 1.807) is 7.05 Å². The molecule has 3 N–H and O–H groups in total. The SMILES string of the molecule is CN=C(NCCNc1ccc2ccccc2n1)NC1CC=CC1.I. The Morgan fingerprint density at radius 1 is 1.12 bits per heavy atom. The Hall–Kier alpha value is -1.83. The number of fused-ring (bicyclic) bond motifs is 1. The molecule has 1 aliphatic rings. The lowest BCUT2D eigenvalue weighted by Gasteiger charge is -2.17. The van der Waals surface area contributed by atoms with E-state index in [1.807, 2.05) is 24.3 Å². The molecule has 6 heteroatoms. The first-order valence-corrected chi connectivity index (χ1v) is 8.07. The molecule has 0 atom stereocenters. The van der Waals surface area contributed by atoms with Gasteiger partial charge in [-0.05, 0) is 31.0 Å². The lowest BCUT2D eigenvalue weighted by atomic mass is 10.2. The van der Waals surface area contributed by atoms with Crippen LogP contribution in [0.5, 0.6) is 0 Å². The van der Waals surface area contributed by atoms with Crippen molar-refractivity contribution in [2.45, 2.75) is 18.9 Å². The van der Waals surface area contributed by atoms with Crippen LogP contribution < -0.4 is 16.0 Å². The van der Waals surface area contributed by atoms with Gasteiger partial charge < -0.3 is 16.0 Å². The topological polar surface area (TPSA) is 61.3 Å². The van der Waals surface area contributed by atoms with Crippen LogP contribution in [-0.2, 0) is 0 Å². The summed E-state index contributed by atoms with van der Waals surface area (Å²) in [6.07, 6.45) is 6.55. The first-order valence-electron chi connectivity index (χ1n) is 8.07. The molecule has 24 heavy (non-hydrogen) atoms. The zero-order valence-corrected chi connectivity index (χ0v) is 16.2. The number of benzene rings is 1. The fraction of sp³-hybridized carbons (Fsp3) is 0.333. The van der Waals surface area contributed by atoms with Gasteiger partial charge in [0, 0.05) is 31.6 Å². The molecular formula is C18H24IN5. The van der Waals surface area contributed by atoms with Crippen molar-refractivity contribution in [2.75, 3.05) is 25.5 Å². The molecule has 0 radical (unpaired) electrons. The maximum Gasteiger partial charge on any atom is 0.191 e. The molecule has 0 amide bonds. The average Bonchev–Trinajstić information content (AvgIpc) is 3.10. The summed E-state index contributed by atoms with van der Waals surface area (Å²) in [6.45, 7) is 1.57. The quantitative estimate of drug-likeness (QED) is 0.221. The van der Waals surface area contributed by atoms with Crippen LogP contribution in [0.25, 0.3) is 10.9 Å². The highest BCUT2D eigenvalue weighted by atomic mass is 127. The number of aromatic nitrogens is 1. The second-order valence-corrected chi connectivity index (χ2v) is 5.60. The molecule has 0 unspecified atom stereocenters. The van der Waals surface area contributed by atoms with E-state index in [4.69, 9.17) is 0 Å². The molecular weight excluding hydrogens is 413 g/mol. The van der Waals surface area contributed by atoms with Crippen molar-refractivity contribution in [2.24, 2.45) is 4.99 Å². The molecule has 1 aliphatic carbocycles. The smallest absolute Gasteiger partial charge is 0.191 e. The van der Waals surface area contributed by atoms with Crippen LogP contribution in [0.3, 0.4) is 0 Å². The van der Waals surface area contributed by atoms with Crippen LogP contribution in [0.2, 0.25) is 0 Å². The van der Waals surface area contributed by atoms with Gasteiger partial charge in [0.2, 0.25) is 0 Å². The van der Waals surface area contributed by atoms with Gasteiger partial charge in [-0.15, -0.1) is 24.0 Å². The number of nitrogens with zero attached hydrogens (tertiary/aromatic N) is 2. The fourth-order valence-corrected chi connectivity index (χ4v) is 2.66. The van der Waals surface area contributed by atoms with Crippen molar-refractivity contribution in [3.63, 3.8) is 0 Å². The van der Waals surface area contributed by atoms with Crippen LogP contribution in [0.1, 0.15) is 12.8 Å². The van der Waals surface area contributed by atoms with Gasteiger partial charge in [-0.3, -0.25) is 4.99 Å². The third kappa shape index (κ3) is 5.09. The number of nitrogens with one attached hydrogen (secondary N) is 3. The standard InChI is InChI=1S/C18H23N5.HI/c1-19-18(22-15-7-3-4-8-15)21-13-12-20-17-11-10-14-6-2-5-9-16(14)23-17;/h2-6,9-11,15H,7-8,12-13H2,1H3,(H,20,23)(H2,19,21,22);1H. The second-order valence-electron chi connectivity index (χ2n) is 5.60. The summed E-state index contributed by atoms with van der Waals surface area (Å²) in [5.74, 6) is 1.75. The average molecular weight is 437 g/mol. The monoisotopic (exact) mass is 437 g/mol. The van der Waals surface area contributed by atoms with Gasteiger partial charge in [0.15, 0.2) is 5.96 Å². The van der Waals surface area contributed by atoms with Crippen molar-refractivity contribution in [1.82, 2.24) is 15.6 Å². The van der Waals surface area contributed by atoms with E-state index in [0.717, 1.165) is 48.6 Å². The van der Waals surface area contributed by atoms with E-state index >= 15 is 0 Å². The number of pyridine rings is 1. The number of halogens is 1. The summed E-state index contributed by atoms with van der Waals surface area (Å²) >= 11 is 0. The molecule has 1 aromatic heterocycles. The summed E-state index contributed by atoms with van der Waals surface area (Å²) in [6, 6.07) is 12.7. The van der Waals surface area contributed by atoms with Crippen LogP contribution in [0.4, 0.5) is 5.82 Å². The Morgan fingerprint density at radius 2 is 1.92 bits per heavy atom. The van der Waals surface area contributed by atoms with E-state index in [0.29, 0.717) is 6.04 Å². The third-order valence-electron chi connectivity index (χ3n) is 3.89. The molecule has 128 valence electrons. The highest BCUT2D eigenvalue weighted by Crippen LogP contribution is 2.14. The Balaban J connectivity index is 0.00000208. The maximum absolute atomic E-state index is 4.60. The molecule has 5 nitrogen and oxygen atoms in total. The Morgan fingerprint density at radius 3 is 2.71 bits per heavy atom. The van der Waals surface area contributed by atoms with Crippen molar-refractivity contribution < 1.29 is 0 Å². The van der Waals surface area contributed by atoms with Gasteiger partial charge in [-0.2, -0.15) is 0 Å². The third-order valence-corrected chi connectivity index (χ3v) is 3.89. The number of aliphatic imine (C=N–C) groups is 1. The molecule has 2 aromatic rings. The van der Waals surface area contributed by atoms with E-state index < -0.39 is 0 Å². The lowest BCUT2D eigenvalue weighted by molar-refractivity contribution is 0.634. The molecule has 0 saturated heterocycles. The normalized spacial score (nSPS) is 14.5. The molecule has 3 rings (SSSR count). The summed E-state index contributed by atoms with van der Waals surface area (Å²) in [5.41, 5.74) is 1.01. The zero-order valence-electron chi connectivity index (χ0n) is 13.8. The van der Waals surface area contributed by atoms with E-state index in [2.05, 4.69) is 50.2 Å². The van der Waals surface area contributed by atoms with Gasteiger partial charge in [-0.1, -0.05) is 30.4 Å².